The highest BCUT2D eigenvalue weighted by atomic mass is 32.2. The van der Waals surface area contributed by atoms with Crippen molar-refractivity contribution in [1.29, 1.82) is 0 Å². The number of H-pyrrole nitrogens is 1. The number of hydrogen-bond donors (Lipinski definition) is 2. The first kappa shape index (κ1) is 22.9. The van der Waals surface area contributed by atoms with E-state index in [0.29, 0.717) is 47.0 Å². The van der Waals surface area contributed by atoms with E-state index in [1.165, 1.54) is 22.9 Å². The SMILES string of the molecule is CCOc1ccc([C@H]2CC(=O)Nc3nc(SCc4ccccc4C)[nH]c(=O)c32)cc1OCC. The number of carbonyl (C=O) groups is 1. The Labute approximate surface area is 196 Å². The number of amides is 1. The van der Waals surface area contributed by atoms with Crippen LogP contribution in [0.1, 0.15) is 48.4 Å². The average Bonchev–Trinajstić information content (AvgIpc) is 2.79. The van der Waals surface area contributed by atoms with Crippen molar-refractivity contribution in [2.75, 3.05) is 18.5 Å². The van der Waals surface area contributed by atoms with E-state index in [4.69, 9.17) is 9.47 Å². The number of rotatable bonds is 8. The molecule has 0 unspecified atom stereocenters. The van der Waals surface area contributed by atoms with E-state index >= 15 is 0 Å². The van der Waals surface area contributed by atoms with Gasteiger partial charge in [0, 0.05) is 18.1 Å². The highest BCUT2D eigenvalue weighted by molar-refractivity contribution is 7.98. The van der Waals surface area contributed by atoms with Crippen molar-refractivity contribution in [3.05, 3.63) is 75.1 Å². The molecule has 0 aliphatic carbocycles. The molecular weight excluding hydrogens is 438 g/mol. The summed E-state index contributed by atoms with van der Waals surface area (Å²) >= 11 is 1.43. The number of anilines is 1. The van der Waals surface area contributed by atoms with Gasteiger partial charge in [-0.3, -0.25) is 9.59 Å². The third-order valence-electron chi connectivity index (χ3n) is 5.52. The standard InChI is InChI=1S/C25H27N3O4S/c1-4-31-19-11-10-16(12-20(19)32-5-2)18-13-21(29)26-23-22(18)24(30)28-25(27-23)33-14-17-9-7-6-8-15(17)3/h6-12,18H,4-5,13-14H2,1-3H3,(H2,26,27,28,29,30)/t18-/m1/s1. The van der Waals surface area contributed by atoms with Gasteiger partial charge in [-0.15, -0.1) is 0 Å². The predicted molar refractivity (Wildman–Crippen MR) is 129 cm³/mol. The second-order valence-electron chi connectivity index (χ2n) is 7.73. The summed E-state index contributed by atoms with van der Waals surface area (Å²) in [6, 6.07) is 13.6. The number of carbonyl (C=O) groups excluding carboxylic acids is 1. The Balaban J connectivity index is 1.66. The van der Waals surface area contributed by atoms with Gasteiger partial charge in [-0.1, -0.05) is 42.1 Å². The largest absolute Gasteiger partial charge is 0.490 e. The van der Waals surface area contributed by atoms with Crippen LogP contribution in [0.4, 0.5) is 5.82 Å². The van der Waals surface area contributed by atoms with Crippen LogP contribution in [0.3, 0.4) is 0 Å². The molecule has 2 N–H and O–H groups in total. The van der Waals surface area contributed by atoms with Crippen molar-refractivity contribution >= 4 is 23.5 Å². The van der Waals surface area contributed by atoms with Gasteiger partial charge in [-0.2, -0.15) is 0 Å². The molecule has 1 atom stereocenters. The van der Waals surface area contributed by atoms with E-state index in [0.717, 1.165) is 5.56 Å². The topological polar surface area (TPSA) is 93.3 Å². The number of aromatic nitrogens is 2. The van der Waals surface area contributed by atoms with Crippen LogP contribution in [0.5, 0.6) is 11.5 Å². The molecule has 3 aromatic rings. The van der Waals surface area contributed by atoms with Gasteiger partial charge in [-0.05, 0) is 49.6 Å². The van der Waals surface area contributed by atoms with Crippen LogP contribution in [-0.2, 0) is 10.5 Å². The van der Waals surface area contributed by atoms with Gasteiger partial charge in [0.15, 0.2) is 16.7 Å². The first-order chi connectivity index (χ1) is 16.0. The minimum atomic E-state index is -0.421. The van der Waals surface area contributed by atoms with Crippen molar-refractivity contribution in [2.45, 2.75) is 44.0 Å². The molecule has 7 nitrogen and oxygen atoms in total. The molecule has 172 valence electrons. The van der Waals surface area contributed by atoms with Gasteiger partial charge in [0.05, 0.1) is 18.8 Å². The molecule has 0 saturated heterocycles. The lowest BCUT2D eigenvalue weighted by atomic mass is 9.86. The molecule has 1 aliphatic heterocycles. The van der Waals surface area contributed by atoms with Crippen LogP contribution >= 0.6 is 11.8 Å². The van der Waals surface area contributed by atoms with Gasteiger partial charge >= 0.3 is 0 Å². The van der Waals surface area contributed by atoms with Crippen LogP contribution in [-0.4, -0.2) is 29.1 Å². The maximum absolute atomic E-state index is 13.1. The maximum atomic E-state index is 13.1. The van der Waals surface area contributed by atoms with Crippen molar-refractivity contribution < 1.29 is 14.3 Å². The predicted octanol–water partition coefficient (Wildman–Crippen LogP) is 4.64. The van der Waals surface area contributed by atoms with Crippen molar-refractivity contribution in [3.63, 3.8) is 0 Å². The van der Waals surface area contributed by atoms with E-state index < -0.39 is 5.92 Å². The fourth-order valence-electron chi connectivity index (χ4n) is 3.91. The molecule has 8 heteroatoms. The van der Waals surface area contributed by atoms with Crippen LogP contribution in [0.15, 0.2) is 52.4 Å². The van der Waals surface area contributed by atoms with Gasteiger partial charge in [-0.25, -0.2) is 4.98 Å². The summed E-state index contributed by atoms with van der Waals surface area (Å²) in [5.41, 5.74) is 3.37. The number of ether oxygens (including phenoxy) is 2. The minimum absolute atomic E-state index is 0.160. The zero-order chi connectivity index (χ0) is 23.4. The van der Waals surface area contributed by atoms with Gasteiger partial charge in [0.2, 0.25) is 5.91 Å². The summed E-state index contributed by atoms with van der Waals surface area (Å²) in [6.45, 7) is 6.86. The molecule has 2 heterocycles. The summed E-state index contributed by atoms with van der Waals surface area (Å²) in [5.74, 6) is 1.63. The summed E-state index contributed by atoms with van der Waals surface area (Å²) in [7, 11) is 0. The number of fused-ring (bicyclic) bond motifs is 1. The Morgan fingerprint density at radius 3 is 2.58 bits per heavy atom. The number of aryl methyl sites for hydroxylation is 1. The lowest BCUT2D eigenvalue weighted by Crippen LogP contribution is -2.31. The van der Waals surface area contributed by atoms with E-state index in [9.17, 15) is 9.59 Å². The Bertz CT molecular complexity index is 1220. The second kappa shape index (κ2) is 10.1. The summed E-state index contributed by atoms with van der Waals surface area (Å²) in [4.78, 5) is 33.1. The number of thioether (sulfide) groups is 1. The van der Waals surface area contributed by atoms with E-state index in [-0.39, 0.29) is 17.9 Å². The molecule has 2 aromatic carbocycles. The van der Waals surface area contributed by atoms with Crippen LogP contribution < -0.4 is 20.3 Å². The molecule has 0 fully saturated rings. The maximum Gasteiger partial charge on any atom is 0.257 e. The molecular formula is C25H27N3O4S. The third-order valence-corrected chi connectivity index (χ3v) is 6.45. The van der Waals surface area contributed by atoms with Crippen molar-refractivity contribution in [1.82, 2.24) is 9.97 Å². The Hall–Kier alpha value is -3.26. The number of nitrogens with zero attached hydrogens (tertiary/aromatic N) is 1. The van der Waals surface area contributed by atoms with Gasteiger partial charge in [0.25, 0.3) is 5.56 Å². The lowest BCUT2D eigenvalue weighted by Gasteiger charge is -2.25. The molecule has 1 aliphatic rings. The van der Waals surface area contributed by atoms with Crippen LogP contribution in [0, 0.1) is 6.92 Å². The zero-order valence-electron chi connectivity index (χ0n) is 18.9. The molecule has 0 radical (unpaired) electrons. The molecule has 0 bridgehead atoms. The quantitative estimate of drug-likeness (QED) is 0.372. The van der Waals surface area contributed by atoms with Crippen molar-refractivity contribution in [3.8, 4) is 11.5 Å². The highest BCUT2D eigenvalue weighted by Crippen LogP contribution is 2.38. The number of hydrogen-bond acceptors (Lipinski definition) is 6. The second-order valence-corrected chi connectivity index (χ2v) is 8.69. The molecule has 1 aromatic heterocycles. The van der Waals surface area contributed by atoms with E-state index in [2.05, 4.69) is 34.3 Å². The van der Waals surface area contributed by atoms with Crippen LogP contribution in [0.25, 0.3) is 0 Å². The fraction of sp³-hybridized carbons (Fsp3) is 0.320. The lowest BCUT2D eigenvalue weighted by molar-refractivity contribution is -0.116. The minimum Gasteiger partial charge on any atom is -0.490 e. The van der Waals surface area contributed by atoms with Crippen molar-refractivity contribution in [2.24, 2.45) is 0 Å². The monoisotopic (exact) mass is 465 g/mol. The normalized spacial score (nSPS) is 15.0. The molecule has 33 heavy (non-hydrogen) atoms. The Morgan fingerprint density at radius 2 is 1.82 bits per heavy atom. The summed E-state index contributed by atoms with van der Waals surface area (Å²) in [5, 5.41) is 3.26. The Morgan fingerprint density at radius 1 is 1.06 bits per heavy atom. The van der Waals surface area contributed by atoms with Crippen LogP contribution in [0.2, 0.25) is 0 Å². The fourth-order valence-corrected chi connectivity index (χ4v) is 4.84. The number of aromatic amines is 1. The molecule has 1 amide bonds. The Kier molecular flexibility index (Phi) is 7.03. The molecule has 0 spiro atoms. The molecule has 4 rings (SSSR count). The first-order valence-electron chi connectivity index (χ1n) is 11.0. The average molecular weight is 466 g/mol. The number of benzene rings is 2. The third kappa shape index (κ3) is 5.06. The summed E-state index contributed by atoms with van der Waals surface area (Å²) < 4.78 is 11.4. The number of nitrogens with one attached hydrogen (secondary N) is 2. The van der Waals surface area contributed by atoms with E-state index in [1.807, 2.05) is 44.2 Å². The van der Waals surface area contributed by atoms with Gasteiger partial charge in [0.1, 0.15) is 5.82 Å². The zero-order valence-corrected chi connectivity index (χ0v) is 19.8. The first-order valence-corrected chi connectivity index (χ1v) is 12.0. The summed E-state index contributed by atoms with van der Waals surface area (Å²) in [6.07, 6.45) is 0.160. The molecule has 0 saturated carbocycles. The highest BCUT2D eigenvalue weighted by Gasteiger charge is 2.31. The smallest absolute Gasteiger partial charge is 0.257 e. The van der Waals surface area contributed by atoms with E-state index in [1.54, 1.807) is 0 Å². The van der Waals surface area contributed by atoms with Gasteiger partial charge < -0.3 is 19.8 Å².